The van der Waals surface area contributed by atoms with E-state index in [-0.39, 0.29) is 0 Å². The molecule has 0 aliphatic rings. The first-order valence-corrected chi connectivity index (χ1v) is 7.14. The lowest BCUT2D eigenvalue weighted by Gasteiger charge is -2.06. The lowest BCUT2D eigenvalue weighted by atomic mass is 10.2. The molecule has 2 heterocycles. The second-order valence-corrected chi connectivity index (χ2v) is 5.66. The summed E-state index contributed by atoms with van der Waals surface area (Å²) in [5.74, 6) is 0.851. The predicted molar refractivity (Wildman–Crippen MR) is 79.5 cm³/mol. The Morgan fingerprint density at radius 3 is 2.84 bits per heavy atom. The molecule has 1 unspecified atom stereocenters. The Morgan fingerprint density at radius 1 is 1.32 bits per heavy atom. The normalized spacial score (nSPS) is 13.0. The van der Waals surface area contributed by atoms with Gasteiger partial charge in [-0.1, -0.05) is 18.2 Å². The topological polar surface area (TPSA) is 38.1 Å². The number of rotatable bonds is 3. The molecule has 0 radical (unpaired) electrons. The molecular formula is C15H16N2OS. The van der Waals surface area contributed by atoms with Gasteiger partial charge < -0.3 is 9.73 Å². The molecule has 0 amide bonds. The summed E-state index contributed by atoms with van der Waals surface area (Å²) >= 11 is 1.69. The molecule has 0 saturated carbocycles. The van der Waals surface area contributed by atoms with Gasteiger partial charge in [0.05, 0.1) is 5.69 Å². The molecule has 3 nitrogen and oxygen atoms in total. The first-order chi connectivity index (χ1) is 9.19. The summed E-state index contributed by atoms with van der Waals surface area (Å²) in [6.45, 7) is 4.19. The summed E-state index contributed by atoms with van der Waals surface area (Å²) in [7, 11) is 1.96. The lowest BCUT2D eigenvalue weighted by Crippen LogP contribution is -2.11. The minimum atomic E-state index is 0.315. The van der Waals surface area contributed by atoms with Gasteiger partial charge in [0.1, 0.15) is 5.58 Å². The molecule has 0 aliphatic carbocycles. The number of furan rings is 1. The van der Waals surface area contributed by atoms with Gasteiger partial charge in [0.2, 0.25) is 0 Å². The van der Waals surface area contributed by atoms with E-state index in [2.05, 4.69) is 29.4 Å². The molecule has 3 rings (SSSR count). The summed E-state index contributed by atoms with van der Waals surface area (Å²) in [6, 6.07) is 10.4. The molecule has 1 atom stereocenters. The molecular weight excluding hydrogens is 256 g/mol. The molecule has 3 aromatic rings. The van der Waals surface area contributed by atoms with Crippen LogP contribution in [0, 0.1) is 6.92 Å². The van der Waals surface area contributed by atoms with Crippen molar-refractivity contribution in [3.8, 4) is 10.8 Å². The van der Waals surface area contributed by atoms with Crippen molar-refractivity contribution in [2.45, 2.75) is 19.9 Å². The number of para-hydroxylation sites is 1. The van der Waals surface area contributed by atoms with E-state index in [0.29, 0.717) is 6.04 Å². The minimum Gasteiger partial charge on any atom is -0.454 e. The van der Waals surface area contributed by atoms with Crippen LogP contribution in [0.25, 0.3) is 21.7 Å². The van der Waals surface area contributed by atoms with Crippen molar-refractivity contribution in [3.63, 3.8) is 0 Å². The second-order valence-electron chi connectivity index (χ2n) is 4.63. The average Bonchev–Trinajstić information content (AvgIpc) is 3.00. The van der Waals surface area contributed by atoms with Crippen LogP contribution in [0.4, 0.5) is 0 Å². The summed E-state index contributed by atoms with van der Waals surface area (Å²) in [4.78, 5) is 5.89. The number of nitrogens with one attached hydrogen (secondary N) is 1. The standard InChI is InChI=1S/C15H16N2OS/c1-9(16-3)14-10(2)17-15(19-14)13-8-11-6-4-5-7-12(11)18-13/h4-9,16H,1-3H3. The highest BCUT2D eigenvalue weighted by Gasteiger charge is 2.16. The summed E-state index contributed by atoms with van der Waals surface area (Å²) in [5, 5.41) is 5.32. The van der Waals surface area contributed by atoms with Crippen molar-refractivity contribution in [1.29, 1.82) is 0 Å². The van der Waals surface area contributed by atoms with Gasteiger partial charge in [-0.2, -0.15) is 0 Å². The highest BCUT2D eigenvalue weighted by Crippen LogP contribution is 2.34. The Morgan fingerprint density at radius 2 is 2.11 bits per heavy atom. The van der Waals surface area contributed by atoms with Crippen molar-refractivity contribution in [3.05, 3.63) is 40.9 Å². The Kier molecular flexibility index (Phi) is 3.12. The van der Waals surface area contributed by atoms with Crippen molar-refractivity contribution >= 4 is 22.3 Å². The van der Waals surface area contributed by atoms with Gasteiger partial charge in [-0.25, -0.2) is 4.98 Å². The van der Waals surface area contributed by atoms with Crippen molar-refractivity contribution < 1.29 is 4.42 Å². The zero-order valence-electron chi connectivity index (χ0n) is 11.2. The Balaban J connectivity index is 2.06. The molecule has 0 fully saturated rings. The van der Waals surface area contributed by atoms with Gasteiger partial charge >= 0.3 is 0 Å². The summed E-state index contributed by atoms with van der Waals surface area (Å²) in [6.07, 6.45) is 0. The molecule has 4 heteroatoms. The van der Waals surface area contributed by atoms with Gasteiger partial charge in [-0.15, -0.1) is 11.3 Å². The maximum atomic E-state index is 5.86. The zero-order valence-corrected chi connectivity index (χ0v) is 12.0. The van der Waals surface area contributed by atoms with E-state index < -0.39 is 0 Å². The number of aryl methyl sites for hydroxylation is 1. The molecule has 0 aliphatic heterocycles. The van der Waals surface area contributed by atoms with E-state index in [1.807, 2.05) is 32.2 Å². The van der Waals surface area contributed by atoms with Crippen LogP contribution in [0.15, 0.2) is 34.7 Å². The van der Waals surface area contributed by atoms with Crippen LogP contribution in [-0.4, -0.2) is 12.0 Å². The van der Waals surface area contributed by atoms with Crippen molar-refractivity contribution in [2.75, 3.05) is 7.05 Å². The second kappa shape index (κ2) is 4.79. The molecule has 98 valence electrons. The maximum absolute atomic E-state index is 5.86. The van der Waals surface area contributed by atoms with Gasteiger partial charge in [0, 0.05) is 16.3 Å². The maximum Gasteiger partial charge on any atom is 0.164 e. The third kappa shape index (κ3) is 2.17. The van der Waals surface area contributed by atoms with Gasteiger partial charge in [-0.05, 0) is 33.0 Å². The fourth-order valence-electron chi connectivity index (χ4n) is 2.13. The smallest absolute Gasteiger partial charge is 0.164 e. The van der Waals surface area contributed by atoms with Crippen LogP contribution < -0.4 is 5.32 Å². The zero-order chi connectivity index (χ0) is 13.4. The highest BCUT2D eigenvalue weighted by atomic mass is 32.1. The fourth-order valence-corrected chi connectivity index (χ4v) is 3.21. The van der Waals surface area contributed by atoms with Crippen LogP contribution in [0.5, 0.6) is 0 Å². The number of hydrogen-bond acceptors (Lipinski definition) is 4. The molecule has 0 bridgehead atoms. The molecule has 0 spiro atoms. The lowest BCUT2D eigenvalue weighted by molar-refractivity contribution is 0.630. The monoisotopic (exact) mass is 272 g/mol. The first-order valence-electron chi connectivity index (χ1n) is 6.32. The van der Waals surface area contributed by atoms with Gasteiger partial charge in [0.15, 0.2) is 10.8 Å². The molecule has 1 aromatic carbocycles. The SMILES string of the molecule is CNC(C)c1sc(-c2cc3ccccc3o2)nc1C. The predicted octanol–water partition coefficient (Wildman–Crippen LogP) is 4.15. The largest absolute Gasteiger partial charge is 0.454 e. The van der Waals surface area contributed by atoms with E-state index in [1.165, 1.54) is 4.88 Å². The van der Waals surface area contributed by atoms with Crippen molar-refractivity contribution in [1.82, 2.24) is 10.3 Å². The number of fused-ring (bicyclic) bond motifs is 1. The van der Waals surface area contributed by atoms with E-state index in [0.717, 1.165) is 27.4 Å². The Labute approximate surface area is 116 Å². The molecule has 1 N–H and O–H groups in total. The van der Waals surface area contributed by atoms with E-state index in [4.69, 9.17) is 4.42 Å². The van der Waals surface area contributed by atoms with E-state index in [1.54, 1.807) is 11.3 Å². The van der Waals surface area contributed by atoms with Crippen LogP contribution in [0.2, 0.25) is 0 Å². The van der Waals surface area contributed by atoms with Gasteiger partial charge in [0.25, 0.3) is 0 Å². The number of hydrogen-bond donors (Lipinski definition) is 1. The van der Waals surface area contributed by atoms with E-state index >= 15 is 0 Å². The third-order valence-corrected chi connectivity index (χ3v) is 4.65. The number of thiazole rings is 1. The van der Waals surface area contributed by atoms with Crippen LogP contribution >= 0.6 is 11.3 Å². The summed E-state index contributed by atoms with van der Waals surface area (Å²) in [5.41, 5.74) is 1.98. The highest BCUT2D eigenvalue weighted by molar-refractivity contribution is 7.15. The van der Waals surface area contributed by atoms with Crippen LogP contribution in [-0.2, 0) is 0 Å². The first kappa shape index (κ1) is 12.4. The average molecular weight is 272 g/mol. The number of nitrogens with zero attached hydrogens (tertiary/aromatic N) is 1. The van der Waals surface area contributed by atoms with Crippen LogP contribution in [0.3, 0.4) is 0 Å². The van der Waals surface area contributed by atoms with E-state index in [9.17, 15) is 0 Å². The van der Waals surface area contributed by atoms with Gasteiger partial charge in [-0.3, -0.25) is 0 Å². The Hall–Kier alpha value is -1.65. The quantitative estimate of drug-likeness (QED) is 0.778. The molecule has 2 aromatic heterocycles. The third-order valence-electron chi connectivity index (χ3n) is 3.30. The van der Waals surface area contributed by atoms with Crippen molar-refractivity contribution in [2.24, 2.45) is 0 Å². The summed E-state index contributed by atoms with van der Waals surface area (Å²) < 4.78 is 5.86. The number of benzene rings is 1. The van der Waals surface area contributed by atoms with Crippen LogP contribution in [0.1, 0.15) is 23.5 Å². The molecule has 0 saturated heterocycles. The Bertz CT molecular complexity index is 681. The fraction of sp³-hybridized carbons (Fsp3) is 0.267. The molecule has 19 heavy (non-hydrogen) atoms. The number of aromatic nitrogens is 1. The minimum absolute atomic E-state index is 0.315.